The molecule has 106 valence electrons. The van der Waals surface area contributed by atoms with Crippen LogP contribution in [0.4, 0.5) is 4.39 Å². The fourth-order valence-corrected chi connectivity index (χ4v) is 3.26. The van der Waals surface area contributed by atoms with Crippen LogP contribution in [0.1, 0.15) is 0 Å². The Morgan fingerprint density at radius 3 is 2.62 bits per heavy atom. The number of hydrogen-bond acceptors (Lipinski definition) is 4. The molecule has 3 aromatic rings. The lowest BCUT2D eigenvalue weighted by molar-refractivity contribution is 0.453. The summed E-state index contributed by atoms with van der Waals surface area (Å²) in [4.78, 5) is 19.4. The molecule has 7 heteroatoms. The number of nitrogens with zero attached hydrogens (tertiary/aromatic N) is 1. The molecule has 0 spiro atoms. The van der Waals surface area contributed by atoms with E-state index in [4.69, 9.17) is 0 Å². The van der Waals surface area contributed by atoms with E-state index >= 15 is 0 Å². The SMILES string of the molecule is O=c1[nH]c(-c2ccc(Br)s2)nc(O)c1-c1ccccc1F. The fourth-order valence-electron chi connectivity index (χ4n) is 1.93. The Labute approximate surface area is 131 Å². The Hall–Kier alpha value is -1.99. The highest BCUT2D eigenvalue weighted by Gasteiger charge is 2.17. The Morgan fingerprint density at radius 2 is 2.00 bits per heavy atom. The number of benzene rings is 1. The van der Waals surface area contributed by atoms with Crippen LogP contribution in [0.25, 0.3) is 21.8 Å². The van der Waals surface area contributed by atoms with Crippen LogP contribution in [-0.2, 0) is 0 Å². The van der Waals surface area contributed by atoms with E-state index in [-0.39, 0.29) is 17.0 Å². The molecule has 0 radical (unpaired) electrons. The predicted octanol–water partition coefficient (Wildman–Crippen LogP) is 3.77. The van der Waals surface area contributed by atoms with Crippen LogP contribution in [0.2, 0.25) is 0 Å². The minimum atomic E-state index is -0.591. The number of aromatic amines is 1. The number of rotatable bonds is 2. The van der Waals surface area contributed by atoms with Gasteiger partial charge in [-0.05, 0) is 34.1 Å². The van der Waals surface area contributed by atoms with Gasteiger partial charge < -0.3 is 10.1 Å². The highest BCUT2D eigenvalue weighted by Crippen LogP contribution is 2.31. The number of thiophene rings is 1. The normalized spacial score (nSPS) is 10.8. The van der Waals surface area contributed by atoms with Crippen molar-refractivity contribution < 1.29 is 9.50 Å². The lowest BCUT2D eigenvalue weighted by Gasteiger charge is -2.06. The molecule has 0 fully saturated rings. The molecule has 1 aromatic carbocycles. The molecule has 0 aliphatic rings. The van der Waals surface area contributed by atoms with Gasteiger partial charge in [-0.1, -0.05) is 18.2 Å². The maximum atomic E-state index is 13.8. The number of aromatic hydroxyl groups is 1. The van der Waals surface area contributed by atoms with Gasteiger partial charge in [0.2, 0.25) is 5.88 Å². The van der Waals surface area contributed by atoms with Crippen LogP contribution in [-0.4, -0.2) is 15.1 Å². The van der Waals surface area contributed by atoms with Crippen LogP contribution in [0, 0.1) is 5.82 Å². The van der Waals surface area contributed by atoms with Gasteiger partial charge in [-0.15, -0.1) is 11.3 Å². The third-order valence-corrected chi connectivity index (χ3v) is 4.48. The number of H-pyrrole nitrogens is 1. The molecule has 0 saturated heterocycles. The molecule has 0 bridgehead atoms. The number of aromatic nitrogens is 2. The van der Waals surface area contributed by atoms with Crippen molar-refractivity contribution in [1.82, 2.24) is 9.97 Å². The van der Waals surface area contributed by atoms with Crippen molar-refractivity contribution in [2.75, 3.05) is 0 Å². The second kappa shape index (κ2) is 5.42. The fraction of sp³-hybridized carbons (Fsp3) is 0. The van der Waals surface area contributed by atoms with Crippen LogP contribution < -0.4 is 5.56 Å². The Bertz CT molecular complexity index is 875. The van der Waals surface area contributed by atoms with E-state index in [0.29, 0.717) is 4.88 Å². The number of halogens is 2. The average Bonchev–Trinajstić information content (AvgIpc) is 2.87. The summed E-state index contributed by atoms with van der Waals surface area (Å²) in [7, 11) is 0. The first-order valence-corrected chi connectivity index (χ1v) is 7.51. The minimum absolute atomic E-state index is 0.0164. The smallest absolute Gasteiger partial charge is 0.263 e. The summed E-state index contributed by atoms with van der Waals surface area (Å²) in [5, 5.41) is 10.0. The third kappa shape index (κ3) is 2.62. The summed E-state index contributed by atoms with van der Waals surface area (Å²) in [6.07, 6.45) is 0. The predicted molar refractivity (Wildman–Crippen MR) is 82.9 cm³/mol. The van der Waals surface area contributed by atoms with E-state index in [1.165, 1.54) is 29.5 Å². The van der Waals surface area contributed by atoms with Gasteiger partial charge in [0, 0.05) is 5.56 Å². The maximum Gasteiger partial charge on any atom is 0.263 e. The second-order valence-electron chi connectivity index (χ2n) is 4.20. The van der Waals surface area contributed by atoms with E-state index in [9.17, 15) is 14.3 Å². The van der Waals surface area contributed by atoms with Crippen molar-refractivity contribution in [3.05, 3.63) is 56.4 Å². The van der Waals surface area contributed by atoms with Crippen molar-refractivity contribution in [2.45, 2.75) is 0 Å². The van der Waals surface area contributed by atoms with E-state index in [1.54, 1.807) is 12.1 Å². The topological polar surface area (TPSA) is 66.0 Å². The van der Waals surface area contributed by atoms with Crippen LogP contribution >= 0.6 is 27.3 Å². The molecule has 0 atom stereocenters. The summed E-state index contributed by atoms with van der Waals surface area (Å²) in [6.45, 7) is 0. The number of hydrogen-bond donors (Lipinski definition) is 2. The van der Waals surface area contributed by atoms with Crippen molar-refractivity contribution in [3.8, 4) is 27.7 Å². The zero-order valence-electron chi connectivity index (χ0n) is 10.4. The van der Waals surface area contributed by atoms with Gasteiger partial charge in [-0.25, -0.2) is 4.39 Å². The molecular formula is C14H8BrFN2O2S. The quantitative estimate of drug-likeness (QED) is 0.725. The van der Waals surface area contributed by atoms with E-state index in [0.717, 1.165) is 3.79 Å². The number of nitrogens with one attached hydrogen (secondary N) is 1. The first-order chi connectivity index (χ1) is 10.1. The van der Waals surface area contributed by atoms with Gasteiger partial charge in [-0.3, -0.25) is 4.79 Å². The lowest BCUT2D eigenvalue weighted by Crippen LogP contribution is -2.12. The second-order valence-corrected chi connectivity index (χ2v) is 6.66. The van der Waals surface area contributed by atoms with Gasteiger partial charge in [0.1, 0.15) is 11.4 Å². The zero-order valence-corrected chi connectivity index (χ0v) is 12.8. The largest absolute Gasteiger partial charge is 0.493 e. The first kappa shape index (κ1) is 14.0. The summed E-state index contributed by atoms with van der Waals surface area (Å²) < 4.78 is 14.6. The summed E-state index contributed by atoms with van der Waals surface area (Å²) in [5.74, 6) is -0.844. The van der Waals surface area contributed by atoms with Crippen molar-refractivity contribution >= 4 is 27.3 Å². The maximum absolute atomic E-state index is 13.8. The van der Waals surface area contributed by atoms with E-state index in [2.05, 4.69) is 25.9 Å². The highest BCUT2D eigenvalue weighted by atomic mass is 79.9. The van der Waals surface area contributed by atoms with Crippen LogP contribution in [0.15, 0.2) is 45.0 Å². The zero-order chi connectivity index (χ0) is 15.0. The molecule has 4 nitrogen and oxygen atoms in total. The standard InChI is InChI=1S/C14H8BrFN2O2S/c15-10-6-5-9(21-10)12-17-13(19)11(14(20)18-12)7-3-1-2-4-8(7)16/h1-6H,(H2,17,18,19,20). The summed E-state index contributed by atoms with van der Waals surface area (Å²) >= 11 is 4.68. The monoisotopic (exact) mass is 366 g/mol. The molecule has 0 saturated carbocycles. The van der Waals surface area contributed by atoms with Crippen LogP contribution in [0.3, 0.4) is 0 Å². The molecule has 2 heterocycles. The van der Waals surface area contributed by atoms with Gasteiger partial charge in [-0.2, -0.15) is 4.98 Å². The molecule has 2 aromatic heterocycles. The molecule has 0 aliphatic heterocycles. The highest BCUT2D eigenvalue weighted by molar-refractivity contribution is 9.11. The molecular weight excluding hydrogens is 359 g/mol. The first-order valence-electron chi connectivity index (χ1n) is 5.90. The van der Waals surface area contributed by atoms with Crippen molar-refractivity contribution in [2.24, 2.45) is 0 Å². The van der Waals surface area contributed by atoms with E-state index < -0.39 is 17.3 Å². The lowest BCUT2D eigenvalue weighted by atomic mass is 10.1. The van der Waals surface area contributed by atoms with Crippen LogP contribution in [0.5, 0.6) is 5.88 Å². The molecule has 3 rings (SSSR count). The van der Waals surface area contributed by atoms with Crippen molar-refractivity contribution in [3.63, 3.8) is 0 Å². The Morgan fingerprint density at radius 1 is 1.24 bits per heavy atom. The molecule has 0 unspecified atom stereocenters. The molecule has 2 N–H and O–H groups in total. The van der Waals surface area contributed by atoms with Gasteiger partial charge >= 0.3 is 0 Å². The Kier molecular flexibility index (Phi) is 3.60. The molecule has 0 aliphatic carbocycles. The third-order valence-electron chi connectivity index (χ3n) is 2.85. The average molecular weight is 367 g/mol. The molecule has 21 heavy (non-hydrogen) atoms. The van der Waals surface area contributed by atoms with Gasteiger partial charge in [0.25, 0.3) is 5.56 Å². The summed E-state index contributed by atoms with van der Waals surface area (Å²) in [6, 6.07) is 9.30. The molecule has 0 amide bonds. The van der Waals surface area contributed by atoms with Gasteiger partial charge in [0.15, 0.2) is 5.82 Å². The van der Waals surface area contributed by atoms with Gasteiger partial charge in [0.05, 0.1) is 8.66 Å². The minimum Gasteiger partial charge on any atom is -0.493 e. The van der Waals surface area contributed by atoms with E-state index in [1.807, 2.05) is 6.07 Å². The summed E-state index contributed by atoms with van der Waals surface area (Å²) in [5.41, 5.74) is -0.748. The van der Waals surface area contributed by atoms with Crippen molar-refractivity contribution in [1.29, 1.82) is 0 Å². The Balaban J connectivity index is 2.18.